The molecule has 0 saturated carbocycles. The van der Waals surface area contributed by atoms with Gasteiger partial charge in [-0.25, -0.2) is 13.4 Å². The molecule has 24 heavy (non-hydrogen) atoms. The van der Waals surface area contributed by atoms with Crippen LogP contribution in [0.2, 0.25) is 0 Å². The molecule has 0 aliphatic carbocycles. The first-order chi connectivity index (χ1) is 11.3. The molecule has 9 heteroatoms. The van der Waals surface area contributed by atoms with E-state index in [0.29, 0.717) is 19.5 Å². The zero-order chi connectivity index (χ0) is 17.6. The number of amides is 1. The molecule has 1 N–H and O–H groups in total. The lowest BCUT2D eigenvalue weighted by Crippen LogP contribution is -2.50. The van der Waals surface area contributed by atoms with E-state index >= 15 is 0 Å². The monoisotopic (exact) mass is 355 g/mol. The molecule has 2 saturated heterocycles. The smallest absolute Gasteiger partial charge is 0.262 e. The fourth-order valence-electron chi connectivity index (χ4n) is 4.03. The lowest BCUT2D eigenvalue weighted by atomic mass is 10.0. The largest absolute Gasteiger partial charge is 0.358 e. The van der Waals surface area contributed by atoms with Crippen molar-refractivity contribution in [2.75, 3.05) is 20.1 Å². The molecule has 0 spiro atoms. The molecule has 134 valence electrons. The average Bonchev–Trinajstić information content (AvgIpc) is 3.18. The second kappa shape index (κ2) is 6.12. The summed E-state index contributed by atoms with van der Waals surface area (Å²) in [6, 6.07) is 0.0790. The molecule has 0 radical (unpaired) electrons. The zero-order valence-corrected chi connectivity index (χ0v) is 15.3. The highest BCUT2D eigenvalue weighted by Gasteiger charge is 2.52. The Kier molecular flexibility index (Phi) is 4.43. The van der Waals surface area contributed by atoms with Crippen LogP contribution in [0.1, 0.15) is 20.3 Å². The van der Waals surface area contributed by atoms with Gasteiger partial charge in [-0.1, -0.05) is 0 Å². The number of likely N-dealkylation sites (N-methyl/N-ethyl adjacent to an activating group) is 1. The van der Waals surface area contributed by atoms with Gasteiger partial charge in [0.1, 0.15) is 0 Å². The van der Waals surface area contributed by atoms with Crippen LogP contribution < -0.4 is 5.32 Å². The minimum absolute atomic E-state index is 0.0113. The minimum Gasteiger partial charge on any atom is -0.358 e. The van der Waals surface area contributed by atoms with Crippen molar-refractivity contribution in [2.24, 2.45) is 13.0 Å². The predicted octanol–water partition coefficient (Wildman–Crippen LogP) is -0.362. The highest BCUT2D eigenvalue weighted by molar-refractivity contribution is 7.89. The third kappa shape index (κ3) is 2.74. The van der Waals surface area contributed by atoms with Crippen LogP contribution in [0.25, 0.3) is 0 Å². The Balaban J connectivity index is 1.82. The Labute approximate surface area is 142 Å². The number of nitrogens with one attached hydrogen (secondary N) is 1. The number of imidazole rings is 1. The molecule has 2 fully saturated rings. The second-order valence-electron chi connectivity index (χ2n) is 6.93. The van der Waals surface area contributed by atoms with Crippen LogP contribution in [-0.2, 0) is 21.9 Å². The fourth-order valence-corrected chi connectivity index (χ4v) is 5.51. The van der Waals surface area contributed by atoms with Gasteiger partial charge in [-0.2, -0.15) is 4.31 Å². The second-order valence-corrected chi connectivity index (χ2v) is 8.82. The van der Waals surface area contributed by atoms with Gasteiger partial charge in [0.2, 0.25) is 5.91 Å². The summed E-state index contributed by atoms with van der Waals surface area (Å²) in [5.41, 5.74) is 0. The van der Waals surface area contributed by atoms with Crippen LogP contribution in [0.5, 0.6) is 0 Å². The summed E-state index contributed by atoms with van der Waals surface area (Å²) in [6.45, 7) is 4.96. The van der Waals surface area contributed by atoms with Crippen LogP contribution >= 0.6 is 0 Å². The third-order valence-corrected chi connectivity index (χ3v) is 6.79. The summed E-state index contributed by atoms with van der Waals surface area (Å²) >= 11 is 0. The number of hydrogen-bond acceptors (Lipinski definition) is 5. The maximum Gasteiger partial charge on any atom is 0.262 e. The maximum absolute atomic E-state index is 12.8. The van der Waals surface area contributed by atoms with Gasteiger partial charge in [-0.3, -0.25) is 9.69 Å². The maximum atomic E-state index is 12.8. The molecule has 2 aliphatic rings. The number of nitrogens with zero attached hydrogens (tertiary/aromatic N) is 4. The molecular weight excluding hydrogens is 330 g/mol. The lowest BCUT2D eigenvalue weighted by molar-refractivity contribution is -0.126. The van der Waals surface area contributed by atoms with Gasteiger partial charge >= 0.3 is 0 Å². The molecule has 0 unspecified atom stereocenters. The molecular formula is C15H25N5O3S. The summed E-state index contributed by atoms with van der Waals surface area (Å²) < 4.78 is 28.7. The summed E-state index contributed by atoms with van der Waals surface area (Å²) in [5.74, 6) is 0.186. The molecule has 1 aromatic heterocycles. The summed E-state index contributed by atoms with van der Waals surface area (Å²) in [7, 11) is -0.183. The van der Waals surface area contributed by atoms with E-state index in [1.807, 2.05) is 13.8 Å². The standard InChI is InChI=1S/C15H25N5O3S/c1-10(2)20-12(15(21)16-3)5-11-6-19(7-13(11)20)24(22,23)14-8-18(4)9-17-14/h8-13H,5-7H2,1-4H3,(H,16,21)/t11-,12-,13+/m0/s1. The van der Waals surface area contributed by atoms with Crippen molar-refractivity contribution in [1.29, 1.82) is 0 Å². The van der Waals surface area contributed by atoms with E-state index in [1.165, 1.54) is 16.8 Å². The van der Waals surface area contributed by atoms with Gasteiger partial charge in [0.25, 0.3) is 10.0 Å². The average molecular weight is 355 g/mol. The summed E-state index contributed by atoms with van der Waals surface area (Å²) in [5, 5.41) is 2.81. The number of carbonyl (C=O) groups excluding carboxylic acids is 1. The van der Waals surface area contributed by atoms with Crippen LogP contribution in [0.15, 0.2) is 17.6 Å². The Bertz CT molecular complexity index is 729. The van der Waals surface area contributed by atoms with Crippen LogP contribution in [0.3, 0.4) is 0 Å². The van der Waals surface area contributed by atoms with E-state index in [9.17, 15) is 13.2 Å². The molecule has 1 amide bonds. The molecule has 3 heterocycles. The van der Waals surface area contributed by atoms with Crippen molar-refractivity contribution < 1.29 is 13.2 Å². The van der Waals surface area contributed by atoms with Crippen molar-refractivity contribution in [2.45, 2.75) is 43.4 Å². The first kappa shape index (κ1) is 17.4. The lowest BCUT2D eigenvalue weighted by Gasteiger charge is -2.32. The number of fused-ring (bicyclic) bond motifs is 1. The quantitative estimate of drug-likeness (QED) is 0.797. The fraction of sp³-hybridized carbons (Fsp3) is 0.733. The van der Waals surface area contributed by atoms with Gasteiger partial charge in [0.05, 0.1) is 12.4 Å². The van der Waals surface area contributed by atoms with Gasteiger partial charge in [0, 0.05) is 45.5 Å². The number of rotatable bonds is 4. The normalized spacial score (nSPS) is 28.5. The molecule has 2 aliphatic heterocycles. The highest BCUT2D eigenvalue weighted by Crippen LogP contribution is 2.38. The van der Waals surface area contributed by atoms with E-state index in [2.05, 4.69) is 15.2 Å². The molecule has 1 aromatic rings. The molecule has 0 aromatic carbocycles. The Morgan fingerprint density at radius 3 is 2.62 bits per heavy atom. The van der Waals surface area contributed by atoms with Crippen molar-refractivity contribution in [3.63, 3.8) is 0 Å². The number of aromatic nitrogens is 2. The van der Waals surface area contributed by atoms with E-state index in [0.717, 1.165) is 0 Å². The van der Waals surface area contributed by atoms with Gasteiger partial charge < -0.3 is 9.88 Å². The molecule has 3 atom stereocenters. The van der Waals surface area contributed by atoms with E-state index in [-0.39, 0.29) is 35.0 Å². The molecule has 3 rings (SSSR count). The molecule has 8 nitrogen and oxygen atoms in total. The Morgan fingerprint density at radius 2 is 2.08 bits per heavy atom. The van der Waals surface area contributed by atoms with Crippen LogP contribution in [0, 0.1) is 5.92 Å². The first-order valence-electron chi connectivity index (χ1n) is 8.23. The number of likely N-dealkylation sites (tertiary alicyclic amines) is 1. The van der Waals surface area contributed by atoms with Gasteiger partial charge in [-0.15, -0.1) is 0 Å². The van der Waals surface area contributed by atoms with Gasteiger partial charge in [0.15, 0.2) is 5.03 Å². The number of carbonyl (C=O) groups is 1. The van der Waals surface area contributed by atoms with Crippen molar-refractivity contribution in [3.05, 3.63) is 12.5 Å². The summed E-state index contributed by atoms with van der Waals surface area (Å²) in [6.07, 6.45) is 3.71. The third-order valence-electron chi connectivity index (χ3n) is 5.07. The zero-order valence-electron chi connectivity index (χ0n) is 14.5. The molecule has 0 bridgehead atoms. The van der Waals surface area contributed by atoms with Crippen molar-refractivity contribution in [1.82, 2.24) is 24.1 Å². The highest BCUT2D eigenvalue weighted by atomic mass is 32.2. The predicted molar refractivity (Wildman–Crippen MR) is 88.7 cm³/mol. The van der Waals surface area contributed by atoms with Crippen LogP contribution in [-0.4, -0.2) is 71.3 Å². The minimum atomic E-state index is -3.58. The first-order valence-corrected chi connectivity index (χ1v) is 9.67. The Hall–Kier alpha value is -1.45. The number of hydrogen-bond donors (Lipinski definition) is 1. The van der Waals surface area contributed by atoms with Crippen LogP contribution in [0.4, 0.5) is 0 Å². The Morgan fingerprint density at radius 1 is 1.38 bits per heavy atom. The van der Waals surface area contributed by atoms with Crippen molar-refractivity contribution in [3.8, 4) is 0 Å². The van der Waals surface area contributed by atoms with E-state index in [4.69, 9.17) is 0 Å². The topological polar surface area (TPSA) is 87.5 Å². The summed E-state index contributed by atoms with van der Waals surface area (Å²) in [4.78, 5) is 18.3. The SMILES string of the molecule is CNC(=O)[C@@H]1C[C@H]2CN(S(=O)(=O)c3cn(C)cn3)C[C@H]2N1C(C)C. The van der Waals surface area contributed by atoms with E-state index in [1.54, 1.807) is 18.7 Å². The van der Waals surface area contributed by atoms with Gasteiger partial charge in [-0.05, 0) is 26.2 Å². The van der Waals surface area contributed by atoms with E-state index < -0.39 is 10.0 Å². The number of aryl methyl sites for hydroxylation is 1. The number of sulfonamides is 1. The van der Waals surface area contributed by atoms with Crippen molar-refractivity contribution >= 4 is 15.9 Å².